The molecule has 0 unspecified atom stereocenters. The number of nitrogens with one attached hydrogen (secondary N) is 1. The van der Waals surface area contributed by atoms with Crippen LogP contribution in [0.5, 0.6) is 0 Å². The molecule has 0 aliphatic carbocycles. The van der Waals surface area contributed by atoms with E-state index in [1.807, 2.05) is 10.9 Å². The van der Waals surface area contributed by atoms with Crippen molar-refractivity contribution in [2.24, 2.45) is 0 Å². The van der Waals surface area contributed by atoms with E-state index in [-0.39, 0.29) is 0 Å². The van der Waals surface area contributed by atoms with Gasteiger partial charge < -0.3 is 5.32 Å². The maximum absolute atomic E-state index is 5.14. The summed E-state index contributed by atoms with van der Waals surface area (Å²) in [4.78, 5) is 0. The van der Waals surface area contributed by atoms with E-state index in [9.17, 15) is 0 Å². The molecule has 0 aliphatic rings. The fourth-order valence-corrected chi connectivity index (χ4v) is 1.16. The van der Waals surface area contributed by atoms with Gasteiger partial charge in [-0.2, -0.15) is 0 Å². The van der Waals surface area contributed by atoms with Crippen molar-refractivity contribution in [1.82, 2.24) is 20.3 Å². The molecule has 0 fully saturated rings. The lowest BCUT2D eigenvalue weighted by molar-refractivity contribution is 0.527. The van der Waals surface area contributed by atoms with Crippen LogP contribution in [-0.4, -0.2) is 28.1 Å². The SMILES string of the molecule is C#CCCCNCCCn1ccnn1. The van der Waals surface area contributed by atoms with Crippen molar-refractivity contribution in [3.8, 4) is 12.3 Å². The zero-order chi connectivity index (χ0) is 10.1. The molecule has 0 atom stereocenters. The summed E-state index contributed by atoms with van der Waals surface area (Å²) in [5.41, 5.74) is 0. The van der Waals surface area contributed by atoms with Gasteiger partial charge in [0.2, 0.25) is 0 Å². The molecule has 1 heterocycles. The first-order valence-electron chi connectivity index (χ1n) is 4.92. The van der Waals surface area contributed by atoms with Crippen LogP contribution in [0.3, 0.4) is 0 Å². The third kappa shape index (κ3) is 4.63. The zero-order valence-electron chi connectivity index (χ0n) is 8.32. The van der Waals surface area contributed by atoms with Gasteiger partial charge >= 0.3 is 0 Å². The van der Waals surface area contributed by atoms with E-state index in [1.165, 1.54) is 0 Å². The molecule has 1 aromatic heterocycles. The van der Waals surface area contributed by atoms with E-state index < -0.39 is 0 Å². The third-order valence-corrected chi connectivity index (χ3v) is 1.89. The number of aromatic nitrogens is 3. The zero-order valence-corrected chi connectivity index (χ0v) is 8.32. The Bertz CT molecular complexity index is 260. The highest BCUT2D eigenvalue weighted by atomic mass is 15.4. The molecule has 0 radical (unpaired) electrons. The first kappa shape index (κ1) is 10.7. The molecular weight excluding hydrogens is 176 g/mol. The van der Waals surface area contributed by atoms with E-state index in [1.54, 1.807) is 6.20 Å². The normalized spacial score (nSPS) is 9.93. The van der Waals surface area contributed by atoms with Crippen LogP contribution < -0.4 is 5.32 Å². The molecule has 0 saturated carbocycles. The van der Waals surface area contributed by atoms with Crippen LogP contribution in [-0.2, 0) is 6.54 Å². The highest BCUT2D eigenvalue weighted by Crippen LogP contribution is 1.87. The van der Waals surface area contributed by atoms with Crippen LogP contribution in [0.2, 0.25) is 0 Å². The van der Waals surface area contributed by atoms with Crippen LogP contribution in [0.4, 0.5) is 0 Å². The molecule has 1 rings (SSSR count). The molecule has 4 heteroatoms. The minimum absolute atomic E-state index is 0.857. The molecule has 1 aromatic rings. The Hall–Kier alpha value is -1.34. The largest absolute Gasteiger partial charge is 0.317 e. The van der Waals surface area contributed by atoms with Gasteiger partial charge in [-0.05, 0) is 25.9 Å². The summed E-state index contributed by atoms with van der Waals surface area (Å²) < 4.78 is 1.84. The fraction of sp³-hybridized carbons (Fsp3) is 0.600. The number of unbranched alkanes of at least 4 members (excludes halogenated alkanes) is 1. The van der Waals surface area contributed by atoms with E-state index in [0.29, 0.717) is 0 Å². The van der Waals surface area contributed by atoms with Gasteiger partial charge in [0.1, 0.15) is 0 Å². The van der Waals surface area contributed by atoms with Crippen molar-refractivity contribution < 1.29 is 0 Å². The molecule has 4 nitrogen and oxygen atoms in total. The maximum atomic E-state index is 5.14. The van der Waals surface area contributed by atoms with Crippen molar-refractivity contribution in [3.63, 3.8) is 0 Å². The summed E-state index contributed by atoms with van der Waals surface area (Å²) in [5, 5.41) is 10.9. The van der Waals surface area contributed by atoms with Crippen LogP contribution in [0.15, 0.2) is 12.4 Å². The molecule has 0 saturated heterocycles. The summed E-state index contributed by atoms with van der Waals surface area (Å²) in [6, 6.07) is 0. The standard InChI is InChI=1S/C10H16N4/c1-2-3-4-6-11-7-5-9-14-10-8-12-13-14/h1,8,10-11H,3-7,9H2. The van der Waals surface area contributed by atoms with Crippen molar-refractivity contribution >= 4 is 0 Å². The van der Waals surface area contributed by atoms with Crippen LogP contribution in [0.1, 0.15) is 19.3 Å². The number of aryl methyl sites for hydroxylation is 1. The predicted octanol–water partition coefficient (Wildman–Crippen LogP) is 0.671. The number of terminal acetylenes is 1. The summed E-state index contributed by atoms with van der Waals surface area (Å²) in [6.07, 6.45) is 11.7. The molecule has 0 aliphatic heterocycles. The second kappa shape index (κ2) is 7.10. The minimum atomic E-state index is 0.857. The monoisotopic (exact) mass is 192 g/mol. The summed E-state index contributed by atoms with van der Waals surface area (Å²) >= 11 is 0. The van der Waals surface area contributed by atoms with Gasteiger partial charge in [-0.3, -0.25) is 4.68 Å². The summed E-state index contributed by atoms with van der Waals surface area (Å²) in [6.45, 7) is 2.92. The smallest absolute Gasteiger partial charge is 0.0692 e. The van der Waals surface area contributed by atoms with Gasteiger partial charge in [-0.15, -0.1) is 17.4 Å². The van der Waals surface area contributed by atoms with E-state index in [4.69, 9.17) is 6.42 Å². The van der Waals surface area contributed by atoms with Gasteiger partial charge in [-0.1, -0.05) is 5.21 Å². The van der Waals surface area contributed by atoms with Gasteiger partial charge in [0.15, 0.2) is 0 Å². The quantitative estimate of drug-likeness (QED) is 0.510. The summed E-state index contributed by atoms with van der Waals surface area (Å²) in [7, 11) is 0. The van der Waals surface area contributed by atoms with Crippen LogP contribution in [0, 0.1) is 12.3 Å². The molecule has 0 bridgehead atoms. The Morgan fingerprint density at radius 1 is 1.36 bits per heavy atom. The van der Waals surface area contributed by atoms with E-state index in [0.717, 1.165) is 38.9 Å². The first-order valence-corrected chi connectivity index (χ1v) is 4.92. The Labute approximate surface area is 84.7 Å². The van der Waals surface area contributed by atoms with E-state index >= 15 is 0 Å². The van der Waals surface area contributed by atoms with Crippen molar-refractivity contribution in [3.05, 3.63) is 12.4 Å². The average Bonchev–Trinajstić information content (AvgIpc) is 2.69. The number of hydrogen-bond acceptors (Lipinski definition) is 3. The van der Waals surface area contributed by atoms with Crippen molar-refractivity contribution in [2.75, 3.05) is 13.1 Å². The lowest BCUT2D eigenvalue weighted by Crippen LogP contribution is -2.18. The molecule has 0 aromatic carbocycles. The van der Waals surface area contributed by atoms with Gasteiger partial charge in [-0.25, -0.2) is 0 Å². The third-order valence-electron chi connectivity index (χ3n) is 1.89. The highest BCUT2D eigenvalue weighted by Gasteiger charge is 1.91. The summed E-state index contributed by atoms with van der Waals surface area (Å²) in [5.74, 6) is 2.62. The number of hydrogen-bond donors (Lipinski definition) is 1. The van der Waals surface area contributed by atoms with Crippen LogP contribution >= 0.6 is 0 Å². The Balaban J connectivity index is 1.88. The Morgan fingerprint density at radius 3 is 2.93 bits per heavy atom. The molecule has 1 N–H and O–H groups in total. The molecule has 14 heavy (non-hydrogen) atoms. The molecule has 76 valence electrons. The second-order valence-electron chi connectivity index (χ2n) is 3.08. The lowest BCUT2D eigenvalue weighted by Gasteiger charge is -2.02. The Morgan fingerprint density at radius 2 is 2.21 bits per heavy atom. The van der Waals surface area contributed by atoms with Crippen molar-refractivity contribution in [1.29, 1.82) is 0 Å². The van der Waals surface area contributed by atoms with Gasteiger partial charge in [0.05, 0.1) is 6.20 Å². The predicted molar refractivity (Wildman–Crippen MR) is 55.6 cm³/mol. The highest BCUT2D eigenvalue weighted by molar-refractivity contribution is 4.83. The topological polar surface area (TPSA) is 42.7 Å². The van der Waals surface area contributed by atoms with Gasteiger partial charge in [0, 0.05) is 19.2 Å². The Kier molecular flexibility index (Phi) is 5.45. The average molecular weight is 192 g/mol. The minimum Gasteiger partial charge on any atom is -0.317 e. The van der Waals surface area contributed by atoms with Gasteiger partial charge in [0.25, 0.3) is 0 Å². The molecule has 0 spiro atoms. The fourth-order valence-electron chi connectivity index (χ4n) is 1.16. The lowest BCUT2D eigenvalue weighted by atomic mass is 10.3. The second-order valence-corrected chi connectivity index (χ2v) is 3.08. The molecule has 0 amide bonds. The first-order chi connectivity index (χ1) is 6.93. The van der Waals surface area contributed by atoms with Crippen molar-refractivity contribution in [2.45, 2.75) is 25.8 Å². The number of rotatable bonds is 7. The maximum Gasteiger partial charge on any atom is 0.0692 e. The number of nitrogens with zero attached hydrogens (tertiary/aromatic N) is 3. The van der Waals surface area contributed by atoms with E-state index in [2.05, 4.69) is 21.5 Å². The van der Waals surface area contributed by atoms with Crippen LogP contribution in [0.25, 0.3) is 0 Å². The molecular formula is C10H16N4.